The minimum absolute atomic E-state index is 0.914. The van der Waals surface area contributed by atoms with Gasteiger partial charge in [-0.05, 0) is 118 Å². The highest BCUT2D eigenvalue weighted by Crippen LogP contribution is 2.46. The lowest BCUT2D eigenvalue weighted by atomic mass is 9.87. The standard InChI is InChI=1S/C80H78N8/c1-9-25-49-57-41-33-17-18-34-42(41)58-51(27-11-3)67-68-53(29-13-5)61-45-37-21-22-38-46(45)63-55(31-15-7)71(87-78(63)77(61)85-68)72-56(32-16-8)64-48-40-24-23-39-47(48)62-54(30-14-6)70(86-79(62)80(64)88-72)69-52(28-12-4)60-44-36-20-19-35-43(44)59-50(26-10-2)66(82-75(59)76(60)84-69)65(49)81-73(57)74(58)83-67/h17-24,33-40,81-83,85-86,88H,9-16,25-32H2,1-8H3/p+2. The van der Waals surface area contributed by atoms with Crippen molar-refractivity contribution in [1.29, 1.82) is 0 Å². The van der Waals surface area contributed by atoms with Crippen molar-refractivity contribution >= 4 is 132 Å². The van der Waals surface area contributed by atoms with Crippen molar-refractivity contribution in [2.24, 2.45) is 4.99 Å². The second-order valence-electron chi connectivity index (χ2n) is 26.1. The van der Waals surface area contributed by atoms with E-state index in [9.17, 15) is 0 Å². The van der Waals surface area contributed by atoms with E-state index in [1.54, 1.807) is 0 Å². The first kappa shape index (κ1) is 53.7. The van der Waals surface area contributed by atoms with E-state index in [4.69, 9.17) is 9.98 Å². The highest BCUT2D eigenvalue weighted by molar-refractivity contribution is 6.26. The monoisotopic (exact) mass is 1150 g/mol. The van der Waals surface area contributed by atoms with Crippen LogP contribution >= 0.6 is 0 Å². The first-order valence-electron chi connectivity index (χ1n) is 33.8. The number of rotatable bonds is 16. The Balaban J connectivity index is 1.15. The van der Waals surface area contributed by atoms with Crippen LogP contribution in [0.15, 0.2) is 113 Å². The summed E-state index contributed by atoms with van der Waals surface area (Å²) in [5.74, 6) is 1.39. The lowest BCUT2D eigenvalue weighted by Gasteiger charge is -2.09. The van der Waals surface area contributed by atoms with E-state index in [1.165, 1.54) is 186 Å². The first-order valence-corrected chi connectivity index (χ1v) is 33.8. The van der Waals surface area contributed by atoms with Gasteiger partial charge < -0.3 is 19.9 Å². The van der Waals surface area contributed by atoms with Gasteiger partial charge in [-0.15, -0.1) is 5.35 Å². The summed E-state index contributed by atoms with van der Waals surface area (Å²) in [6.07, 6.45) is 15.7. The predicted molar refractivity (Wildman–Crippen MR) is 368 cm³/mol. The van der Waals surface area contributed by atoms with Gasteiger partial charge >= 0.3 is 0 Å². The molecule has 5 aliphatic rings. The number of allylic oxidation sites excluding steroid dienone is 2. The molecule has 8 nitrogen and oxygen atoms in total. The maximum atomic E-state index is 6.16. The Bertz CT molecular complexity index is 5660. The molecule has 8 N–H and O–H groups in total. The SMILES string of the molecule is CCCC1=c2c3c4c(c5ccccc25)[C+](CCC)C(=c2[nH]c5c6c(c7ccccc7c5c2CCC)=C(CCC)C(=C2[NH2+]c5c(c7ccccc7c7c(CCC)c([n-]c57)=c5[nH]c7c8[nH]c(c(CCC)c8c8ccccc8c7c5CCC)=C1N=3)=C2CCC)[NH2+]6)N4. The van der Waals surface area contributed by atoms with E-state index in [-0.39, 0.29) is 0 Å². The molecule has 8 aromatic carbocycles. The number of benzene rings is 8. The zero-order valence-electron chi connectivity index (χ0n) is 52.6. The summed E-state index contributed by atoms with van der Waals surface area (Å²) in [7, 11) is 0. The molecular formula is C80H80N8+2. The van der Waals surface area contributed by atoms with Crippen molar-refractivity contribution in [3.8, 4) is 0 Å². The fraction of sp³-hybridized carbons (Fsp3) is 0.300. The second kappa shape index (κ2) is 20.5. The van der Waals surface area contributed by atoms with Gasteiger partial charge in [-0.1, -0.05) is 196 Å². The van der Waals surface area contributed by atoms with Crippen LogP contribution in [0, 0.1) is 16.6 Å². The average Bonchev–Trinajstić information content (AvgIpc) is 1.65. The van der Waals surface area contributed by atoms with Gasteiger partial charge in [-0.3, -0.25) is 16.0 Å². The largest absolute Gasteiger partial charge is 0.651 e. The minimum Gasteiger partial charge on any atom is -0.651 e. The van der Waals surface area contributed by atoms with Crippen molar-refractivity contribution in [2.75, 3.05) is 5.32 Å². The van der Waals surface area contributed by atoms with Crippen molar-refractivity contribution in [2.45, 2.75) is 158 Å². The number of H-pyrrole nitrogens is 3. The van der Waals surface area contributed by atoms with Crippen molar-refractivity contribution in [3.05, 3.63) is 185 Å². The quantitative estimate of drug-likeness (QED) is 0.0427. The van der Waals surface area contributed by atoms with Crippen LogP contribution in [-0.2, 0) is 25.7 Å². The minimum atomic E-state index is 0.914. The molecule has 0 amide bonds. The molecule has 9 heterocycles. The maximum Gasteiger partial charge on any atom is 0.200 e. The summed E-state index contributed by atoms with van der Waals surface area (Å²) in [6, 6.07) is 37.4. The Morgan fingerprint density at radius 1 is 0.420 bits per heavy atom. The molecule has 0 atom stereocenters. The Kier molecular flexibility index (Phi) is 12.5. The van der Waals surface area contributed by atoms with Crippen LogP contribution in [0.1, 0.15) is 160 Å². The zero-order chi connectivity index (χ0) is 59.4. The first-order chi connectivity index (χ1) is 43.4. The summed E-state index contributed by atoms with van der Waals surface area (Å²) >= 11 is 0. The molecular weight excluding hydrogens is 1070 g/mol. The van der Waals surface area contributed by atoms with Gasteiger partial charge in [-0.2, -0.15) is 0 Å². The molecule has 5 aliphatic heterocycles. The molecule has 0 aliphatic carbocycles. The van der Waals surface area contributed by atoms with Crippen LogP contribution in [0.25, 0.3) is 115 Å². The summed E-state index contributed by atoms with van der Waals surface area (Å²) < 4.78 is 0. The number of quaternary nitrogens is 2. The predicted octanol–water partition coefficient (Wildman–Crippen LogP) is 13.8. The molecule has 0 saturated heterocycles. The zero-order valence-corrected chi connectivity index (χ0v) is 52.6. The highest BCUT2D eigenvalue weighted by atomic mass is 15.0. The molecule has 0 fully saturated rings. The number of aromatic amines is 3. The molecule has 0 unspecified atom stereocenters. The van der Waals surface area contributed by atoms with Crippen molar-refractivity contribution in [1.82, 2.24) is 19.9 Å². The van der Waals surface area contributed by atoms with E-state index in [0.717, 1.165) is 136 Å². The van der Waals surface area contributed by atoms with E-state index >= 15 is 0 Å². The Morgan fingerprint density at radius 2 is 0.864 bits per heavy atom. The smallest absolute Gasteiger partial charge is 0.200 e. The fourth-order valence-electron chi connectivity index (χ4n) is 17.7. The van der Waals surface area contributed by atoms with Gasteiger partial charge in [0.25, 0.3) is 0 Å². The fourth-order valence-corrected chi connectivity index (χ4v) is 17.7. The number of anilines is 1. The van der Waals surface area contributed by atoms with Gasteiger partial charge in [0.15, 0.2) is 17.1 Å². The van der Waals surface area contributed by atoms with Gasteiger partial charge in [0.05, 0.1) is 43.8 Å². The number of aryl methyl sites for hydroxylation is 4. The van der Waals surface area contributed by atoms with Crippen LogP contribution in [0.5, 0.6) is 0 Å². The number of nitrogens with two attached hydrogens (primary N) is 2. The number of aromatic nitrogens is 4. The molecule has 0 radical (unpaired) electrons. The molecule has 438 valence electrons. The molecule has 0 spiro atoms. The molecule has 8 heteroatoms. The van der Waals surface area contributed by atoms with Crippen LogP contribution in [-0.4, -0.2) is 15.0 Å². The van der Waals surface area contributed by atoms with Gasteiger partial charge in [0, 0.05) is 55.2 Å². The number of fused-ring (bicyclic) bond motifs is 20. The lowest BCUT2D eigenvalue weighted by molar-refractivity contribution is -0.548. The van der Waals surface area contributed by atoms with E-state index in [2.05, 4.69) is 183 Å². The van der Waals surface area contributed by atoms with E-state index < -0.39 is 0 Å². The average molecular weight is 1150 g/mol. The summed E-state index contributed by atoms with van der Waals surface area (Å²) in [5.41, 5.74) is 24.7. The molecule has 12 aromatic rings. The third-order valence-corrected chi connectivity index (χ3v) is 20.8. The van der Waals surface area contributed by atoms with Gasteiger partial charge in [0.2, 0.25) is 11.4 Å². The maximum absolute atomic E-state index is 6.16. The van der Waals surface area contributed by atoms with Crippen LogP contribution in [0.3, 0.4) is 0 Å². The van der Waals surface area contributed by atoms with E-state index in [1.807, 2.05) is 0 Å². The topological polar surface area (TPSA) is 119 Å². The van der Waals surface area contributed by atoms with Crippen LogP contribution in [0.4, 0.5) is 17.1 Å². The number of nitrogens with one attached hydrogen (secondary N) is 4. The van der Waals surface area contributed by atoms with Crippen LogP contribution in [0.2, 0.25) is 0 Å². The highest BCUT2D eigenvalue weighted by Gasteiger charge is 2.43. The number of hydrogen-bond donors (Lipinski definition) is 6. The summed E-state index contributed by atoms with van der Waals surface area (Å²) in [6.45, 7) is 18.8. The third-order valence-electron chi connectivity index (χ3n) is 20.8. The molecule has 4 aromatic heterocycles. The normalized spacial score (nSPS) is 15.0. The summed E-state index contributed by atoms with van der Waals surface area (Å²) in [4.78, 5) is 25.4. The number of nitrogens with zero attached hydrogens (tertiary/aromatic N) is 2. The Hall–Kier alpha value is -8.56. The van der Waals surface area contributed by atoms with Gasteiger partial charge in [-0.25, -0.2) is 4.99 Å². The lowest BCUT2D eigenvalue weighted by Crippen LogP contribution is -2.82. The van der Waals surface area contributed by atoms with E-state index in [0.29, 0.717) is 0 Å². The Morgan fingerprint density at radius 3 is 1.44 bits per heavy atom. The molecule has 17 rings (SSSR count). The third kappa shape index (κ3) is 7.16. The molecule has 0 saturated carbocycles. The molecule has 88 heavy (non-hydrogen) atoms. The van der Waals surface area contributed by atoms with Gasteiger partial charge in [0.1, 0.15) is 27.5 Å². The molecule has 16 bridgehead atoms. The summed E-state index contributed by atoms with van der Waals surface area (Å²) in [5, 5.41) is 35.3. The number of hydrogen-bond acceptors (Lipinski definition) is 2. The Labute approximate surface area is 512 Å². The second-order valence-corrected chi connectivity index (χ2v) is 26.1. The van der Waals surface area contributed by atoms with Crippen molar-refractivity contribution < 1.29 is 10.6 Å². The van der Waals surface area contributed by atoms with Crippen molar-refractivity contribution in [3.63, 3.8) is 0 Å². The van der Waals surface area contributed by atoms with Crippen LogP contribution < -0.4 is 52.6 Å².